The van der Waals surface area contributed by atoms with Gasteiger partial charge in [-0.2, -0.15) is 0 Å². The van der Waals surface area contributed by atoms with Crippen LogP contribution in [-0.4, -0.2) is 58.6 Å². The van der Waals surface area contributed by atoms with Crippen molar-refractivity contribution in [2.75, 3.05) is 11.5 Å². The van der Waals surface area contributed by atoms with Crippen molar-refractivity contribution in [1.29, 1.82) is 0 Å². The Hall–Kier alpha value is 0.619. The monoisotopic (exact) mass is 452 g/mol. The second kappa shape index (κ2) is 17.0. The van der Waals surface area contributed by atoms with Crippen molar-refractivity contribution in [2.24, 2.45) is 0 Å². The van der Waals surface area contributed by atoms with Gasteiger partial charge in [0.1, 0.15) is 0 Å². The fraction of sp³-hybridized carbons (Fsp3) is 1.00. The summed E-state index contributed by atoms with van der Waals surface area (Å²) in [6, 6.07) is 0. The number of rotatable bonds is 8. The quantitative estimate of drug-likeness (QED) is 0.318. The summed E-state index contributed by atoms with van der Waals surface area (Å²) in [6.07, 6.45) is 5.84. The molecule has 0 aliphatic heterocycles. The first kappa shape index (κ1) is 26.5. The van der Waals surface area contributed by atoms with Crippen molar-refractivity contribution < 1.29 is 25.9 Å². The second-order valence-electron chi connectivity index (χ2n) is 4.15. The van der Waals surface area contributed by atoms with Crippen LogP contribution in [0.3, 0.4) is 0 Å². The van der Waals surface area contributed by atoms with Gasteiger partial charge in [0.2, 0.25) is 0 Å². The van der Waals surface area contributed by atoms with Crippen LogP contribution in [0.1, 0.15) is 53.4 Å². The standard InChI is InChI=1S/2C4H9.2C2H6O3S.Sn/c2*1-3-4-2;2*1-2-6(3,4)5;/h2*1,3-4H2,2H3;2*2H2,1H3,(H,3,4,5);/q;;;;+2/p-2. The van der Waals surface area contributed by atoms with E-state index in [2.05, 4.69) is 13.8 Å². The van der Waals surface area contributed by atoms with Crippen LogP contribution in [0.25, 0.3) is 0 Å². The maximum absolute atomic E-state index is 9.44. The minimum Gasteiger partial charge on any atom is -0.748 e. The van der Waals surface area contributed by atoms with Crippen molar-refractivity contribution in [2.45, 2.75) is 62.3 Å². The van der Waals surface area contributed by atoms with Gasteiger partial charge in [-0.05, 0) is 0 Å². The smallest absolute Gasteiger partial charge is 0.0943 e. The summed E-state index contributed by atoms with van der Waals surface area (Å²) in [6.45, 7) is 7.20. The van der Waals surface area contributed by atoms with E-state index in [1.54, 1.807) is 8.87 Å². The summed E-state index contributed by atoms with van der Waals surface area (Å²) in [4.78, 5) is 0. The van der Waals surface area contributed by atoms with Gasteiger partial charge in [0.05, 0.1) is 20.2 Å². The van der Waals surface area contributed by atoms with Crippen molar-refractivity contribution in [1.82, 2.24) is 0 Å². The van der Waals surface area contributed by atoms with Crippen LogP contribution in [0.5, 0.6) is 0 Å². The summed E-state index contributed by atoms with van der Waals surface area (Å²) in [5.74, 6) is -0.625. The predicted molar refractivity (Wildman–Crippen MR) is 85.7 cm³/mol. The van der Waals surface area contributed by atoms with Crippen LogP contribution < -0.4 is 0 Å². The maximum atomic E-state index is 9.44. The average Bonchev–Trinajstić information content (AvgIpc) is 2.38. The van der Waals surface area contributed by atoms with Crippen molar-refractivity contribution >= 4 is 41.4 Å². The summed E-state index contributed by atoms with van der Waals surface area (Å²) in [5, 5.41) is 0. The molecule has 0 aromatic rings. The molecule has 0 saturated heterocycles. The van der Waals surface area contributed by atoms with Crippen molar-refractivity contribution in [3.63, 3.8) is 0 Å². The summed E-state index contributed by atoms with van der Waals surface area (Å²) in [5.41, 5.74) is 0. The van der Waals surface area contributed by atoms with Gasteiger partial charge in [-0.1, -0.05) is 13.8 Å². The Morgan fingerprint density at radius 3 is 1.10 bits per heavy atom. The molecule has 0 fully saturated rings. The van der Waals surface area contributed by atoms with E-state index in [9.17, 15) is 25.9 Å². The summed E-state index contributed by atoms with van der Waals surface area (Å²) < 4.78 is 59.9. The van der Waals surface area contributed by atoms with Crippen LogP contribution in [0.4, 0.5) is 0 Å². The molecular formula is C12H28O6S2Sn. The molecule has 9 heteroatoms. The minimum atomic E-state index is -3.91. The molecule has 0 atom stereocenters. The molecule has 0 N–H and O–H groups in total. The van der Waals surface area contributed by atoms with Gasteiger partial charge in [-0.25, -0.2) is 16.8 Å². The van der Waals surface area contributed by atoms with Crippen LogP contribution in [0.2, 0.25) is 8.87 Å². The van der Waals surface area contributed by atoms with E-state index in [1.807, 2.05) is 0 Å². The maximum Gasteiger partial charge on any atom is 0.0943 e. The van der Waals surface area contributed by atoms with E-state index in [0.717, 1.165) is 0 Å². The molecule has 0 rings (SSSR count). The molecule has 0 aliphatic carbocycles. The zero-order chi connectivity index (χ0) is 17.4. The van der Waals surface area contributed by atoms with Crippen LogP contribution in [-0.2, 0) is 20.2 Å². The summed E-state index contributed by atoms with van der Waals surface area (Å²) in [7, 11) is -7.82. The largest absolute Gasteiger partial charge is 0.748 e. The Kier molecular flexibility index (Phi) is 21.4. The third kappa shape index (κ3) is 44.9. The van der Waals surface area contributed by atoms with Crippen molar-refractivity contribution in [3.05, 3.63) is 0 Å². The first-order valence-corrected chi connectivity index (χ1v) is 14.3. The normalized spacial score (nSPS) is 10.6. The van der Waals surface area contributed by atoms with Gasteiger partial charge < -0.3 is 9.11 Å². The van der Waals surface area contributed by atoms with Gasteiger partial charge in [0, 0.05) is 11.5 Å². The zero-order valence-electron chi connectivity index (χ0n) is 13.4. The molecule has 0 amide bonds. The third-order valence-corrected chi connectivity index (χ3v) is 7.57. The number of unbranched alkanes of at least 4 members (excludes halogenated alkanes) is 2. The summed E-state index contributed by atoms with van der Waals surface area (Å²) >= 11 is 0.149. The van der Waals surface area contributed by atoms with Gasteiger partial charge in [-0.3, -0.25) is 0 Å². The molecule has 128 valence electrons. The molecule has 0 unspecified atom stereocenters. The second-order valence-corrected chi connectivity index (χ2v) is 11.8. The van der Waals surface area contributed by atoms with E-state index >= 15 is 0 Å². The third-order valence-electron chi connectivity index (χ3n) is 2.12. The first-order valence-electron chi connectivity index (χ1n) is 7.11. The Morgan fingerprint density at radius 2 is 0.952 bits per heavy atom. The Balaban J connectivity index is -0.000000240. The van der Waals surface area contributed by atoms with Gasteiger partial charge in [0.25, 0.3) is 0 Å². The fourth-order valence-electron chi connectivity index (χ4n) is 0.729. The first-order chi connectivity index (χ1) is 9.54. The predicted octanol–water partition coefficient (Wildman–Crippen LogP) is 2.23. The SMILES string of the molecule is CCC[CH2][Sn+2][CH2]CCC.CCS(=O)(=O)[O-].CCS(=O)(=O)[O-]. The van der Waals surface area contributed by atoms with Crippen molar-refractivity contribution in [3.8, 4) is 0 Å². The van der Waals surface area contributed by atoms with E-state index in [4.69, 9.17) is 0 Å². The van der Waals surface area contributed by atoms with E-state index in [1.165, 1.54) is 39.5 Å². The Morgan fingerprint density at radius 1 is 0.714 bits per heavy atom. The van der Waals surface area contributed by atoms with Crippen LogP contribution in [0, 0.1) is 0 Å². The molecule has 21 heavy (non-hydrogen) atoms. The van der Waals surface area contributed by atoms with Gasteiger partial charge in [-0.15, -0.1) is 0 Å². The van der Waals surface area contributed by atoms with E-state index < -0.39 is 20.2 Å². The molecule has 0 heterocycles. The number of hydrogen-bond acceptors (Lipinski definition) is 6. The molecule has 0 aromatic heterocycles. The zero-order valence-corrected chi connectivity index (χ0v) is 17.9. The fourth-order valence-corrected chi connectivity index (χ4v) is 4.89. The van der Waals surface area contributed by atoms with Crippen LogP contribution >= 0.6 is 0 Å². The molecule has 0 bridgehead atoms. The minimum absolute atomic E-state index is 0.149. The average molecular weight is 451 g/mol. The Bertz CT molecular complexity index is 354. The van der Waals surface area contributed by atoms with Crippen LogP contribution in [0.15, 0.2) is 0 Å². The van der Waals surface area contributed by atoms with E-state index in [-0.39, 0.29) is 32.6 Å². The number of hydrogen-bond donors (Lipinski definition) is 0. The molecule has 6 nitrogen and oxygen atoms in total. The van der Waals surface area contributed by atoms with Gasteiger partial charge >= 0.3 is 69.5 Å². The van der Waals surface area contributed by atoms with E-state index in [0.29, 0.717) is 0 Å². The molecule has 0 spiro atoms. The molecule has 0 saturated carbocycles. The molecule has 0 aromatic carbocycles. The molecule has 0 aliphatic rings. The topological polar surface area (TPSA) is 114 Å². The molecule has 0 radical (unpaired) electrons. The molecular weight excluding hydrogens is 423 g/mol. The Labute approximate surface area is 140 Å². The van der Waals surface area contributed by atoms with Gasteiger partial charge in [0.15, 0.2) is 0 Å².